The van der Waals surface area contributed by atoms with Gasteiger partial charge >= 0.3 is 0 Å². The van der Waals surface area contributed by atoms with Crippen LogP contribution in [0.4, 0.5) is 0 Å². The van der Waals surface area contributed by atoms with Gasteiger partial charge in [0.25, 0.3) is 0 Å². The summed E-state index contributed by atoms with van der Waals surface area (Å²) in [7, 11) is 0. The number of hydrogen-bond donors (Lipinski definition) is 0. The minimum Gasteiger partial charge on any atom is -0.306 e. The summed E-state index contributed by atoms with van der Waals surface area (Å²) in [6.07, 6.45) is 4.55. The van der Waals surface area contributed by atoms with E-state index in [-0.39, 0.29) is 0 Å². The minimum absolute atomic E-state index is 0.682. The second-order valence-corrected chi connectivity index (χ2v) is 3.59. The van der Waals surface area contributed by atoms with Gasteiger partial charge in [-0.25, -0.2) is 4.98 Å². The fraction of sp³-hybridized carbons (Fsp3) is 0.167. The lowest BCUT2D eigenvalue weighted by molar-refractivity contribution is 0.112. The molecule has 2 aromatic rings. The quantitative estimate of drug-likeness (QED) is 0.697. The van der Waals surface area contributed by atoms with E-state index in [2.05, 4.69) is 4.98 Å². The maximum atomic E-state index is 10.7. The Morgan fingerprint density at radius 1 is 1.33 bits per heavy atom. The highest BCUT2D eigenvalue weighted by Gasteiger charge is 2.02. The molecule has 3 nitrogen and oxygen atoms in total. The van der Waals surface area contributed by atoms with Gasteiger partial charge in [-0.1, -0.05) is 12.1 Å². The Morgan fingerprint density at radius 3 is 2.73 bits per heavy atom. The topological polar surface area (TPSA) is 34.9 Å². The van der Waals surface area contributed by atoms with Gasteiger partial charge in [-0.05, 0) is 25.5 Å². The molecule has 1 heterocycles. The van der Waals surface area contributed by atoms with Crippen LogP contribution in [0.25, 0.3) is 5.69 Å². The summed E-state index contributed by atoms with van der Waals surface area (Å²) in [5.74, 6) is 0. The predicted octanol–water partition coefficient (Wildman–Crippen LogP) is 2.30. The van der Waals surface area contributed by atoms with Crippen molar-refractivity contribution in [2.24, 2.45) is 0 Å². The molecule has 0 bridgehead atoms. The maximum Gasteiger partial charge on any atom is 0.150 e. The molecule has 15 heavy (non-hydrogen) atoms. The average Bonchev–Trinajstić information content (AvgIpc) is 2.65. The monoisotopic (exact) mass is 200 g/mol. The van der Waals surface area contributed by atoms with E-state index in [1.54, 1.807) is 6.33 Å². The number of aryl methyl sites for hydroxylation is 2. The zero-order chi connectivity index (χ0) is 10.8. The summed E-state index contributed by atoms with van der Waals surface area (Å²) in [5.41, 5.74) is 3.77. The Balaban J connectivity index is 2.55. The van der Waals surface area contributed by atoms with Crippen LogP contribution in [-0.4, -0.2) is 15.8 Å². The van der Waals surface area contributed by atoms with E-state index in [9.17, 15) is 4.79 Å². The molecule has 0 aliphatic rings. The maximum absolute atomic E-state index is 10.7. The van der Waals surface area contributed by atoms with Gasteiger partial charge in [-0.15, -0.1) is 0 Å². The van der Waals surface area contributed by atoms with E-state index in [1.165, 1.54) is 0 Å². The van der Waals surface area contributed by atoms with Crippen LogP contribution in [0.1, 0.15) is 21.6 Å². The molecule has 0 aliphatic heterocycles. The molecule has 0 unspecified atom stereocenters. The highest BCUT2D eigenvalue weighted by Crippen LogP contribution is 2.15. The van der Waals surface area contributed by atoms with Gasteiger partial charge < -0.3 is 4.57 Å². The van der Waals surface area contributed by atoms with Crippen molar-refractivity contribution < 1.29 is 4.79 Å². The second kappa shape index (κ2) is 3.69. The molecular formula is C12H12N2O. The zero-order valence-corrected chi connectivity index (χ0v) is 8.77. The van der Waals surface area contributed by atoms with Crippen molar-refractivity contribution in [1.82, 2.24) is 9.55 Å². The Hall–Kier alpha value is -1.90. The van der Waals surface area contributed by atoms with E-state index in [4.69, 9.17) is 0 Å². The molecule has 0 saturated carbocycles. The van der Waals surface area contributed by atoms with Gasteiger partial charge in [-0.3, -0.25) is 4.79 Å². The number of aldehydes is 1. The number of imidazole rings is 1. The van der Waals surface area contributed by atoms with Crippen molar-refractivity contribution in [2.45, 2.75) is 13.8 Å². The molecular weight excluding hydrogens is 188 g/mol. The number of carbonyl (C=O) groups is 1. The van der Waals surface area contributed by atoms with E-state index >= 15 is 0 Å². The van der Waals surface area contributed by atoms with Gasteiger partial charge in [0.05, 0.1) is 17.7 Å². The van der Waals surface area contributed by atoms with E-state index in [0.717, 1.165) is 23.2 Å². The summed E-state index contributed by atoms with van der Waals surface area (Å²) >= 11 is 0. The van der Waals surface area contributed by atoms with Crippen LogP contribution in [0.3, 0.4) is 0 Å². The predicted molar refractivity (Wildman–Crippen MR) is 58.4 cm³/mol. The molecule has 0 spiro atoms. The third kappa shape index (κ3) is 1.81. The first-order valence-corrected chi connectivity index (χ1v) is 4.77. The van der Waals surface area contributed by atoms with Gasteiger partial charge in [-0.2, -0.15) is 0 Å². The lowest BCUT2D eigenvalue weighted by Gasteiger charge is -2.06. The standard InChI is InChI=1S/C12H12N2O/c1-9-3-4-11(7-15)5-12(9)14-6-10(2)13-8-14/h3-8H,1-2H3. The smallest absolute Gasteiger partial charge is 0.150 e. The van der Waals surface area contributed by atoms with E-state index < -0.39 is 0 Å². The molecule has 0 aliphatic carbocycles. The van der Waals surface area contributed by atoms with Crippen LogP contribution in [0.15, 0.2) is 30.7 Å². The first kappa shape index (κ1) is 9.65. The molecule has 0 N–H and O–H groups in total. The third-order valence-corrected chi connectivity index (χ3v) is 2.36. The van der Waals surface area contributed by atoms with Crippen LogP contribution in [0.5, 0.6) is 0 Å². The van der Waals surface area contributed by atoms with Crippen molar-refractivity contribution in [3.63, 3.8) is 0 Å². The summed E-state index contributed by atoms with van der Waals surface area (Å²) in [5, 5.41) is 0. The fourth-order valence-electron chi connectivity index (χ4n) is 1.53. The Morgan fingerprint density at radius 2 is 2.13 bits per heavy atom. The number of nitrogens with zero attached hydrogens (tertiary/aromatic N) is 2. The Labute approximate surface area is 88.4 Å². The molecule has 0 fully saturated rings. The molecule has 1 aromatic heterocycles. The first-order valence-electron chi connectivity index (χ1n) is 4.77. The summed E-state index contributed by atoms with van der Waals surface area (Å²) in [6.45, 7) is 3.95. The minimum atomic E-state index is 0.682. The molecule has 76 valence electrons. The van der Waals surface area contributed by atoms with Gasteiger partial charge in [0, 0.05) is 11.8 Å². The molecule has 0 amide bonds. The Bertz CT molecular complexity index is 500. The summed E-state index contributed by atoms with van der Waals surface area (Å²) in [6, 6.07) is 5.62. The molecule has 0 saturated heterocycles. The number of carbonyl (C=O) groups excluding carboxylic acids is 1. The van der Waals surface area contributed by atoms with Crippen molar-refractivity contribution in [3.05, 3.63) is 47.5 Å². The third-order valence-electron chi connectivity index (χ3n) is 2.36. The van der Waals surface area contributed by atoms with E-state index in [1.807, 2.05) is 42.8 Å². The van der Waals surface area contributed by atoms with Crippen LogP contribution in [-0.2, 0) is 0 Å². The van der Waals surface area contributed by atoms with Gasteiger partial charge in [0.15, 0.2) is 0 Å². The first-order chi connectivity index (χ1) is 7.20. The average molecular weight is 200 g/mol. The van der Waals surface area contributed by atoms with Crippen molar-refractivity contribution in [1.29, 1.82) is 0 Å². The van der Waals surface area contributed by atoms with Crippen LogP contribution in [0, 0.1) is 13.8 Å². The summed E-state index contributed by atoms with van der Waals surface area (Å²) < 4.78 is 1.93. The number of rotatable bonds is 2. The molecule has 1 aromatic carbocycles. The number of aromatic nitrogens is 2. The zero-order valence-electron chi connectivity index (χ0n) is 8.77. The lowest BCUT2D eigenvalue weighted by atomic mass is 10.1. The SMILES string of the molecule is Cc1cn(-c2cc(C=O)ccc2C)cn1. The van der Waals surface area contributed by atoms with Crippen LogP contribution < -0.4 is 0 Å². The molecule has 0 atom stereocenters. The van der Waals surface area contributed by atoms with E-state index in [0.29, 0.717) is 5.56 Å². The number of benzene rings is 1. The Kier molecular flexibility index (Phi) is 2.37. The highest BCUT2D eigenvalue weighted by molar-refractivity contribution is 5.76. The van der Waals surface area contributed by atoms with Crippen LogP contribution >= 0.6 is 0 Å². The van der Waals surface area contributed by atoms with Crippen LogP contribution in [0.2, 0.25) is 0 Å². The molecule has 0 radical (unpaired) electrons. The van der Waals surface area contributed by atoms with Crippen molar-refractivity contribution in [2.75, 3.05) is 0 Å². The second-order valence-electron chi connectivity index (χ2n) is 3.59. The van der Waals surface area contributed by atoms with Gasteiger partial charge in [0.1, 0.15) is 6.29 Å². The molecule has 2 rings (SSSR count). The van der Waals surface area contributed by atoms with Crippen molar-refractivity contribution >= 4 is 6.29 Å². The fourth-order valence-corrected chi connectivity index (χ4v) is 1.53. The lowest BCUT2D eigenvalue weighted by Crippen LogP contribution is -1.95. The highest BCUT2D eigenvalue weighted by atomic mass is 16.1. The summed E-state index contributed by atoms with van der Waals surface area (Å²) in [4.78, 5) is 14.8. The molecule has 3 heteroatoms. The number of hydrogen-bond acceptors (Lipinski definition) is 2. The normalized spacial score (nSPS) is 10.3. The largest absolute Gasteiger partial charge is 0.306 e. The van der Waals surface area contributed by atoms with Gasteiger partial charge in [0.2, 0.25) is 0 Å². The van der Waals surface area contributed by atoms with Crippen molar-refractivity contribution in [3.8, 4) is 5.69 Å².